The van der Waals surface area contributed by atoms with Gasteiger partial charge in [-0.25, -0.2) is 9.78 Å². The van der Waals surface area contributed by atoms with Crippen LogP contribution in [0.3, 0.4) is 0 Å². The van der Waals surface area contributed by atoms with Gasteiger partial charge in [-0.1, -0.05) is 23.7 Å². The van der Waals surface area contributed by atoms with E-state index < -0.39 is 30.4 Å². The number of carboxylic acids is 1. The molecule has 0 saturated carbocycles. The van der Waals surface area contributed by atoms with Gasteiger partial charge in [-0.15, -0.1) is 0 Å². The number of hydrogen-bond donors (Lipinski definition) is 2. The molecule has 2 fully saturated rings. The lowest BCUT2D eigenvalue weighted by Crippen LogP contribution is -2.35. The van der Waals surface area contributed by atoms with Crippen LogP contribution in [0.1, 0.15) is 10.4 Å². The van der Waals surface area contributed by atoms with Crippen molar-refractivity contribution in [2.45, 2.75) is 31.1 Å². The number of carboxylic acid groups (broad SMARTS) is 1. The third-order valence-corrected chi connectivity index (χ3v) is 6.80. The molecule has 0 spiro atoms. The van der Waals surface area contributed by atoms with Crippen molar-refractivity contribution in [3.8, 4) is 17.3 Å². The van der Waals surface area contributed by atoms with Crippen molar-refractivity contribution >= 4 is 40.5 Å². The number of aromatic nitrogens is 3. The molecule has 0 aliphatic carbocycles. The minimum atomic E-state index is -1.01. The number of aliphatic hydroxyl groups excluding tert-OH is 1. The number of ether oxygens (including phenoxy) is 4. The fraction of sp³-hybridized carbons (Fsp3) is 0.435. The van der Waals surface area contributed by atoms with E-state index in [9.17, 15) is 15.0 Å². The Labute approximate surface area is 210 Å². The Hall–Kier alpha value is -2.41. The second-order valence-electron chi connectivity index (χ2n) is 8.22. The molecular formula is C23H24ClN3O7S. The maximum absolute atomic E-state index is 11.2. The maximum atomic E-state index is 11.2. The van der Waals surface area contributed by atoms with Crippen LogP contribution in [0.25, 0.3) is 22.4 Å². The van der Waals surface area contributed by atoms with E-state index in [1.807, 2.05) is 6.26 Å². The second-order valence-corrected chi connectivity index (χ2v) is 9.61. The highest BCUT2D eigenvalue weighted by molar-refractivity contribution is 7.98. The number of carbonyl (C=O) groups is 1. The number of hydrogen-bond acceptors (Lipinski definition) is 9. The first-order valence-electron chi connectivity index (χ1n) is 11.0. The molecule has 2 aromatic heterocycles. The summed E-state index contributed by atoms with van der Waals surface area (Å²) < 4.78 is 25.1. The zero-order chi connectivity index (χ0) is 24.5. The average Bonchev–Trinajstić information content (AvgIpc) is 3.52. The Morgan fingerprint density at radius 3 is 2.74 bits per heavy atom. The largest absolute Gasteiger partial charge is 0.478 e. The van der Waals surface area contributed by atoms with Crippen LogP contribution in [-0.2, 0) is 20.9 Å². The molecule has 4 atom stereocenters. The van der Waals surface area contributed by atoms with Gasteiger partial charge in [0.05, 0.1) is 36.1 Å². The smallest absolute Gasteiger partial charge is 0.335 e. The Morgan fingerprint density at radius 2 is 2.00 bits per heavy atom. The van der Waals surface area contributed by atoms with Crippen molar-refractivity contribution in [2.24, 2.45) is 0 Å². The number of nitrogens with zero attached hydrogens (tertiary/aromatic N) is 3. The topological polar surface area (TPSA) is 125 Å². The number of thioether (sulfide) groups is 1. The number of fused-ring (bicyclic) bond motifs is 2. The standard InChI is InChI=1S/C23H24ClN3O7S/c1-35-7-6-31-11-27-21-15(25-23(27)34-17-10-33-19-16(28)9-32-20(17)19)8-14(24)18(26-21)12-2-4-13(5-3-12)22(29)30/h2-5,8,16-17,19-20,28H,6-7,9-11H2,1H3,(H,29,30)/t16-,17-,19-,20-/m1/s1. The van der Waals surface area contributed by atoms with Crippen LogP contribution < -0.4 is 4.74 Å². The van der Waals surface area contributed by atoms with Gasteiger partial charge >= 0.3 is 12.0 Å². The zero-order valence-electron chi connectivity index (χ0n) is 18.8. The van der Waals surface area contributed by atoms with Crippen molar-refractivity contribution in [2.75, 3.05) is 31.8 Å². The van der Waals surface area contributed by atoms with Crippen molar-refractivity contribution in [1.29, 1.82) is 0 Å². The summed E-state index contributed by atoms with van der Waals surface area (Å²) in [6.45, 7) is 1.15. The Morgan fingerprint density at radius 1 is 1.23 bits per heavy atom. The van der Waals surface area contributed by atoms with Gasteiger partial charge in [-0.2, -0.15) is 16.7 Å². The second kappa shape index (κ2) is 10.3. The molecule has 10 nitrogen and oxygen atoms in total. The highest BCUT2D eigenvalue weighted by Crippen LogP contribution is 2.34. The molecule has 2 aliphatic heterocycles. The highest BCUT2D eigenvalue weighted by atomic mass is 35.5. The molecule has 3 aromatic rings. The van der Waals surface area contributed by atoms with E-state index in [1.165, 1.54) is 12.1 Å². The summed E-state index contributed by atoms with van der Waals surface area (Å²) in [6, 6.07) is 8.31. The molecule has 4 heterocycles. The van der Waals surface area contributed by atoms with Crippen molar-refractivity contribution in [3.05, 3.63) is 40.9 Å². The van der Waals surface area contributed by atoms with Gasteiger partial charge in [-0.3, -0.25) is 4.57 Å². The van der Waals surface area contributed by atoms with E-state index in [-0.39, 0.29) is 31.5 Å². The fourth-order valence-corrected chi connectivity index (χ4v) is 4.70. The van der Waals surface area contributed by atoms with E-state index in [2.05, 4.69) is 4.98 Å². The molecule has 5 rings (SSSR count). The SMILES string of the molecule is CSCCOCn1c(O[C@@H]2CO[C@H]3[C@@H]2OC[C@H]3O)nc2cc(Cl)c(-c3ccc(C(=O)O)cc3)nc21. The molecule has 2 N–H and O–H groups in total. The summed E-state index contributed by atoms with van der Waals surface area (Å²) >= 11 is 8.21. The quantitative estimate of drug-likeness (QED) is 0.406. The van der Waals surface area contributed by atoms with Crippen LogP contribution in [-0.4, -0.2) is 87.0 Å². The molecule has 2 saturated heterocycles. The number of aromatic carboxylic acids is 1. The van der Waals surface area contributed by atoms with Crippen molar-refractivity contribution in [3.63, 3.8) is 0 Å². The predicted molar refractivity (Wildman–Crippen MR) is 129 cm³/mol. The number of pyridine rings is 1. The number of benzene rings is 1. The van der Waals surface area contributed by atoms with Gasteiger partial charge in [0.25, 0.3) is 0 Å². The number of halogens is 1. The highest BCUT2D eigenvalue weighted by Gasteiger charge is 2.48. The van der Waals surface area contributed by atoms with Crippen LogP contribution in [0, 0.1) is 0 Å². The lowest BCUT2D eigenvalue weighted by molar-refractivity contribution is 0.00344. The normalized spacial score (nSPS) is 23.6. The van der Waals surface area contributed by atoms with Crippen LogP contribution in [0.4, 0.5) is 0 Å². The van der Waals surface area contributed by atoms with Gasteiger partial charge in [0.15, 0.2) is 11.8 Å². The van der Waals surface area contributed by atoms with Gasteiger partial charge in [0.2, 0.25) is 0 Å². The fourth-order valence-electron chi connectivity index (χ4n) is 4.16. The third-order valence-electron chi connectivity index (χ3n) is 5.94. The first-order chi connectivity index (χ1) is 17.0. The average molecular weight is 522 g/mol. The van der Waals surface area contributed by atoms with Gasteiger partial charge in [-0.05, 0) is 24.5 Å². The van der Waals surface area contributed by atoms with Crippen LogP contribution in [0.5, 0.6) is 6.01 Å². The molecule has 0 unspecified atom stereocenters. The third kappa shape index (κ3) is 4.84. The molecule has 2 aliphatic rings. The maximum Gasteiger partial charge on any atom is 0.335 e. The van der Waals surface area contributed by atoms with E-state index in [0.717, 1.165) is 5.75 Å². The molecule has 1 aromatic carbocycles. The van der Waals surface area contributed by atoms with Gasteiger partial charge < -0.3 is 29.2 Å². The van der Waals surface area contributed by atoms with E-state index in [4.69, 9.17) is 35.5 Å². The van der Waals surface area contributed by atoms with Crippen LogP contribution in [0.15, 0.2) is 30.3 Å². The summed E-state index contributed by atoms with van der Waals surface area (Å²) in [7, 11) is 0. The van der Waals surface area contributed by atoms with Crippen LogP contribution in [0.2, 0.25) is 5.02 Å². The molecule has 35 heavy (non-hydrogen) atoms. The molecular weight excluding hydrogens is 498 g/mol. The Kier molecular flexibility index (Phi) is 7.14. The van der Waals surface area contributed by atoms with Crippen molar-refractivity contribution in [1.82, 2.24) is 14.5 Å². The molecule has 0 bridgehead atoms. The van der Waals surface area contributed by atoms with Crippen molar-refractivity contribution < 1.29 is 34.0 Å². The first kappa shape index (κ1) is 24.3. The lowest BCUT2D eigenvalue weighted by Gasteiger charge is -2.18. The molecule has 186 valence electrons. The summed E-state index contributed by atoms with van der Waals surface area (Å²) in [5.74, 6) is -0.180. The summed E-state index contributed by atoms with van der Waals surface area (Å²) in [5, 5.41) is 19.6. The predicted octanol–water partition coefficient (Wildman–Crippen LogP) is 2.69. The molecule has 0 amide bonds. The summed E-state index contributed by atoms with van der Waals surface area (Å²) in [5.41, 5.74) is 2.35. The monoisotopic (exact) mass is 521 g/mol. The zero-order valence-corrected chi connectivity index (χ0v) is 20.4. The lowest BCUT2D eigenvalue weighted by atomic mass is 10.1. The number of rotatable bonds is 9. The van der Waals surface area contributed by atoms with E-state index in [1.54, 1.807) is 34.5 Å². The van der Waals surface area contributed by atoms with Gasteiger partial charge in [0.1, 0.15) is 30.6 Å². The Balaban J connectivity index is 1.49. The summed E-state index contributed by atoms with van der Waals surface area (Å²) in [4.78, 5) is 20.5. The minimum Gasteiger partial charge on any atom is -0.478 e. The van der Waals surface area contributed by atoms with Gasteiger partial charge in [0, 0.05) is 11.3 Å². The number of aliphatic hydroxyl groups is 1. The first-order valence-corrected chi connectivity index (χ1v) is 12.8. The molecule has 12 heteroatoms. The number of imidazole rings is 1. The summed E-state index contributed by atoms with van der Waals surface area (Å²) in [6.07, 6.45) is 0.0529. The van der Waals surface area contributed by atoms with Crippen LogP contribution >= 0.6 is 23.4 Å². The Bertz CT molecular complexity index is 1220. The molecule has 0 radical (unpaired) electrons. The van der Waals surface area contributed by atoms with E-state index in [0.29, 0.717) is 34.1 Å². The van der Waals surface area contributed by atoms with E-state index >= 15 is 0 Å². The minimum absolute atomic E-state index is 0.156.